The molecule has 5 nitrogen and oxygen atoms in total. The number of aryl methyl sites for hydroxylation is 1. The highest BCUT2D eigenvalue weighted by Crippen LogP contribution is 2.29. The minimum atomic E-state index is -0.192. The number of nitrogens with zero attached hydrogens (tertiary/aromatic N) is 2. The average molecular weight is 356 g/mol. The highest BCUT2D eigenvalue weighted by atomic mass is 19.1. The van der Waals surface area contributed by atoms with Crippen LogP contribution in [0, 0.1) is 18.7 Å². The molecule has 1 saturated carbocycles. The minimum Gasteiger partial charge on any atom is -0.477 e. The molecule has 138 valence electrons. The van der Waals surface area contributed by atoms with Crippen molar-refractivity contribution in [1.82, 2.24) is 15.6 Å². The summed E-state index contributed by atoms with van der Waals surface area (Å²) in [5, 5.41) is 6.44. The van der Waals surface area contributed by atoms with Crippen molar-refractivity contribution in [3.8, 4) is 5.88 Å². The number of benzene rings is 1. The van der Waals surface area contributed by atoms with Gasteiger partial charge in [-0.15, -0.1) is 0 Å². The van der Waals surface area contributed by atoms with Crippen LogP contribution >= 0.6 is 0 Å². The summed E-state index contributed by atoms with van der Waals surface area (Å²) < 4.78 is 19.3. The molecule has 0 spiro atoms. The summed E-state index contributed by atoms with van der Waals surface area (Å²) in [6, 6.07) is 9.12. The Bertz CT molecular complexity index is 774. The SMILES string of the molecule is CN=C(NCc1ccnc(OCC2CC2)c1)NCc1ccc(C)c(F)c1. The number of hydrogen-bond donors (Lipinski definition) is 2. The van der Waals surface area contributed by atoms with Crippen molar-refractivity contribution in [2.24, 2.45) is 10.9 Å². The summed E-state index contributed by atoms with van der Waals surface area (Å²) >= 11 is 0. The van der Waals surface area contributed by atoms with Gasteiger partial charge in [-0.1, -0.05) is 12.1 Å². The highest BCUT2D eigenvalue weighted by Gasteiger charge is 2.22. The first-order valence-corrected chi connectivity index (χ1v) is 8.91. The number of nitrogens with one attached hydrogen (secondary N) is 2. The molecule has 2 N–H and O–H groups in total. The summed E-state index contributed by atoms with van der Waals surface area (Å²) in [6.45, 7) is 3.61. The monoisotopic (exact) mass is 356 g/mol. The molecule has 1 heterocycles. The lowest BCUT2D eigenvalue weighted by Gasteiger charge is -2.13. The Morgan fingerprint density at radius 3 is 2.58 bits per heavy atom. The molecule has 2 aromatic rings. The molecule has 3 rings (SSSR count). The van der Waals surface area contributed by atoms with Crippen molar-refractivity contribution < 1.29 is 9.13 Å². The number of pyridine rings is 1. The summed E-state index contributed by atoms with van der Waals surface area (Å²) in [5.74, 6) is 1.83. The van der Waals surface area contributed by atoms with Crippen LogP contribution in [0.1, 0.15) is 29.5 Å². The van der Waals surface area contributed by atoms with E-state index in [1.54, 1.807) is 32.3 Å². The Hall–Kier alpha value is -2.63. The molecule has 6 heteroatoms. The molecule has 0 unspecified atom stereocenters. The highest BCUT2D eigenvalue weighted by molar-refractivity contribution is 5.79. The number of hydrogen-bond acceptors (Lipinski definition) is 3. The van der Waals surface area contributed by atoms with E-state index in [0.717, 1.165) is 17.7 Å². The van der Waals surface area contributed by atoms with Crippen LogP contribution < -0.4 is 15.4 Å². The van der Waals surface area contributed by atoms with Gasteiger partial charge in [-0.2, -0.15) is 0 Å². The van der Waals surface area contributed by atoms with E-state index in [0.29, 0.717) is 36.4 Å². The van der Waals surface area contributed by atoms with E-state index in [2.05, 4.69) is 20.6 Å². The molecular formula is C20H25FN4O. The Labute approximate surface area is 153 Å². The van der Waals surface area contributed by atoms with Gasteiger partial charge in [-0.05, 0) is 54.5 Å². The molecule has 0 saturated heterocycles. The number of guanidine groups is 1. The summed E-state index contributed by atoms with van der Waals surface area (Å²) in [4.78, 5) is 8.45. The molecule has 1 fully saturated rings. The summed E-state index contributed by atoms with van der Waals surface area (Å²) in [7, 11) is 1.71. The first-order chi connectivity index (χ1) is 12.6. The van der Waals surface area contributed by atoms with Crippen LogP contribution in [0.15, 0.2) is 41.5 Å². The maximum absolute atomic E-state index is 13.6. The molecular weight excluding hydrogens is 331 g/mol. The van der Waals surface area contributed by atoms with Gasteiger partial charge in [0.25, 0.3) is 0 Å². The lowest BCUT2D eigenvalue weighted by molar-refractivity contribution is 0.288. The fourth-order valence-electron chi connectivity index (χ4n) is 2.47. The molecule has 1 aromatic heterocycles. The van der Waals surface area contributed by atoms with E-state index in [1.807, 2.05) is 18.2 Å². The standard InChI is InChI=1S/C20H25FN4O/c1-14-3-4-16(9-18(14)21)11-24-20(22-2)25-12-17-7-8-23-19(10-17)26-13-15-5-6-15/h3-4,7-10,15H,5-6,11-13H2,1-2H3,(H2,22,24,25). The van der Waals surface area contributed by atoms with Crippen molar-refractivity contribution >= 4 is 5.96 Å². The predicted molar refractivity (Wildman–Crippen MR) is 101 cm³/mol. The minimum absolute atomic E-state index is 0.192. The zero-order valence-electron chi connectivity index (χ0n) is 15.3. The molecule has 0 radical (unpaired) electrons. The molecule has 26 heavy (non-hydrogen) atoms. The van der Waals surface area contributed by atoms with Crippen LogP contribution in [0.2, 0.25) is 0 Å². The van der Waals surface area contributed by atoms with Gasteiger partial charge in [0.05, 0.1) is 6.61 Å². The molecule has 0 aliphatic heterocycles. The van der Waals surface area contributed by atoms with Gasteiger partial charge in [-0.3, -0.25) is 4.99 Å². The second-order valence-electron chi connectivity index (χ2n) is 6.62. The zero-order chi connectivity index (χ0) is 18.4. The van der Waals surface area contributed by atoms with Crippen molar-refractivity contribution in [3.63, 3.8) is 0 Å². The van der Waals surface area contributed by atoms with Gasteiger partial charge < -0.3 is 15.4 Å². The third kappa shape index (κ3) is 5.44. The molecule has 0 amide bonds. The lowest BCUT2D eigenvalue weighted by Crippen LogP contribution is -2.36. The van der Waals surface area contributed by atoms with Gasteiger partial charge in [0, 0.05) is 32.4 Å². The fourth-order valence-corrected chi connectivity index (χ4v) is 2.47. The fraction of sp³-hybridized carbons (Fsp3) is 0.400. The summed E-state index contributed by atoms with van der Waals surface area (Å²) in [6.07, 6.45) is 4.27. The van der Waals surface area contributed by atoms with Crippen molar-refractivity contribution in [1.29, 1.82) is 0 Å². The predicted octanol–water partition coefficient (Wildman–Crippen LogP) is 3.18. The van der Waals surface area contributed by atoms with Crippen LogP contribution in [0.5, 0.6) is 5.88 Å². The van der Waals surface area contributed by atoms with Crippen LogP contribution in [0.3, 0.4) is 0 Å². The van der Waals surface area contributed by atoms with Gasteiger partial charge in [0.15, 0.2) is 5.96 Å². The molecule has 1 aliphatic carbocycles. The summed E-state index contributed by atoms with van der Waals surface area (Å²) in [5.41, 5.74) is 2.58. The number of aliphatic imine (C=N–C) groups is 1. The quantitative estimate of drug-likeness (QED) is 0.591. The Morgan fingerprint density at radius 2 is 1.92 bits per heavy atom. The lowest BCUT2D eigenvalue weighted by atomic mass is 10.1. The number of halogens is 1. The second kappa shape index (κ2) is 8.65. The maximum atomic E-state index is 13.6. The smallest absolute Gasteiger partial charge is 0.213 e. The molecule has 0 atom stereocenters. The Kier molecular flexibility index (Phi) is 6.04. The van der Waals surface area contributed by atoms with E-state index >= 15 is 0 Å². The van der Waals surface area contributed by atoms with Gasteiger partial charge in [0.1, 0.15) is 5.82 Å². The first-order valence-electron chi connectivity index (χ1n) is 8.91. The van der Waals surface area contributed by atoms with E-state index in [4.69, 9.17) is 4.74 Å². The molecule has 1 aromatic carbocycles. The van der Waals surface area contributed by atoms with Crippen molar-refractivity contribution in [2.45, 2.75) is 32.9 Å². The van der Waals surface area contributed by atoms with Gasteiger partial charge in [0.2, 0.25) is 5.88 Å². The first kappa shape index (κ1) is 18.2. The average Bonchev–Trinajstić information content (AvgIpc) is 3.48. The second-order valence-corrected chi connectivity index (χ2v) is 6.62. The van der Waals surface area contributed by atoms with Crippen molar-refractivity contribution in [2.75, 3.05) is 13.7 Å². The van der Waals surface area contributed by atoms with Gasteiger partial charge in [-0.25, -0.2) is 9.37 Å². The Morgan fingerprint density at radius 1 is 1.19 bits per heavy atom. The van der Waals surface area contributed by atoms with E-state index in [1.165, 1.54) is 12.8 Å². The molecule has 1 aliphatic rings. The zero-order valence-corrected chi connectivity index (χ0v) is 15.3. The normalized spacial score (nSPS) is 14.2. The van der Waals surface area contributed by atoms with Crippen LogP contribution in [0.4, 0.5) is 4.39 Å². The molecule has 0 bridgehead atoms. The number of rotatable bonds is 7. The third-order valence-corrected chi connectivity index (χ3v) is 4.34. The Balaban J connectivity index is 1.48. The van der Waals surface area contributed by atoms with Crippen LogP contribution in [-0.2, 0) is 13.1 Å². The van der Waals surface area contributed by atoms with E-state index in [-0.39, 0.29) is 5.82 Å². The number of ether oxygens (including phenoxy) is 1. The topological polar surface area (TPSA) is 58.5 Å². The third-order valence-electron chi connectivity index (χ3n) is 4.34. The van der Waals surface area contributed by atoms with Gasteiger partial charge >= 0.3 is 0 Å². The van der Waals surface area contributed by atoms with E-state index in [9.17, 15) is 4.39 Å². The maximum Gasteiger partial charge on any atom is 0.213 e. The van der Waals surface area contributed by atoms with Crippen LogP contribution in [0.25, 0.3) is 0 Å². The largest absolute Gasteiger partial charge is 0.477 e. The number of aromatic nitrogens is 1. The van der Waals surface area contributed by atoms with Crippen molar-refractivity contribution in [3.05, 3.63) is 59.0 Å². The van der Waals surface area contributed by atoms with E-state index < -0.39 is 0 Å². The van der Waals surface area contributed by atoms with Crippen LogP contribution in [-0.4, -0.2) is 24.6 Å².